The number of carbonyl (C=O) groups is 1. The van der Waals surface area contributed by atoms with Crippen LogP contribution in [0.25, 0.3) is 0 Å². The summed E-state index contributed by atoms with van der Waals surface area (Å²) in [5.74, 6) is -1.90. The molecule has 1 aliphatic rings. The van der Waals surface area contributed by atoms with Crippen molar-refractivity contribution in [2.45, 2.75) is 32.7 Å². The Morgan fingerprint density at radius 2 is 1.84 bits per heavy atom. The van der Waals surface area contributed by atoms with Crippen molar-refractivity contribution in [1.29, 1.82) is 0 Å². The second-order valence-electron chi connectivity index (χ2n) is 6.77. The van der Waals surface area contributed by atoms with Gasteiger partial charge < -0.3 is 0 Å². The minimum absolute atomic E-state index is 0.0138. The number of hydrogen-bond acceptors (Lipinski definition) is 3. The normalized spacial score (nSPS) is 24.5. The molecule has 25 heavy (non-hydrogen) atoms. The average molecular weight is 375 g/mol. The standard InChI is InChI=1S/C17H20F3NO3S/c1-12(2)10-16(3)11-21(25(23,24)17(18,19)20)15(22)14(16)9-13-7-5-4-6-8-13/h4-8,10,14H,9,11H2,1-3H3/t14-,16-/m0/s1. The van der Waals surface area contributed by atoms with Gasteiger partial charge in [0.05, 0.1) is 5.92 Å². The number of hydrogen-bond donors (Lipinski definition) is 0. The van der Waals surface area contributed by atoms with E-state index in [0.29, 0.717) is 0 Å². The Balaban J connectivity index is 2.48. The Morgan fingerprint density at radius 3 is 2.32 bits per heavy atom. The zero-order chi connectivity index (χ0) is 19.0. The van der Waals surface area contributed by atoms with Gasteiger partial charge >= 0.3 is 15.5 Å². The maximum Gasteiger partial charge on any atom is 0.516 e. The van der Waals surface area contributed by atoms with Crippen LogP contribution in [0.4, 0.5) is 13.2 Å². The molecule has 2 rings (SSSR count). The summed E-state index contributed by atoms with van der Waals surface area (Å²) in [5, 5.41) is 0. The molecule has 1 aliphatic heterocycles. The number of amides is 1. The van der Waals surface area contributed by atoms with E-state index in [-0.39, 0.29) is 10.7 Å². The van der Waals surface area contributed by atoms with Crippen LogP contribution < -0.4 is 0 Å². The van der Waals surface area contributed by atoms with Crippen molar-refractivity contribution >= 4 is 15.9 Å². The third-order valence-corrected chi connectivity index (χ3v) is 5.78. The monoisotopic (exact) mass is 375 g/mol. The number of alkyl halides is 3. The van der Waals surface area contributed by atoms with Gasteiger partial charge in [0, 0.05) is 12.0 Å². The smallest absolute Gasteiger partial charge is 0.273 e. The van der Waals surface area contributed by atoms with Crippen LogP contribution in [0.2, 0.25) is 0 Å². The van der Waals surface area contributed by atoms with Crippen molar-refractivity contribution in [3.05, 3.63) is 47.5 Å². The number of halogens is 3. The Morgan fingerprint density at radius 1 is 1.28 bits per heavy atom. The zero-order valence-corrected chi connectivity index (χ0v) is 15.0. The van der Waals surface area contributed by atoms with E-state index in [0.717, 1.165) is 11.1 Å². The molecular formula is C17H20F3NO3S. The SMILES string of the molecule is CC(C)=C[C@@]1(C)CN(S(=O)(=O)C(F)(F)F)C(=O)[C@@H]1Cc1ccccc1. The fraction of sp³-hybridized carbons (Fsp3) is 0.471. The summed E-state index contributed by atoms with van der Waals surface area (Å²) in [4.78, 5) is 12.6. The van der Waals surface area contributed by atoms with Gasteiger partial charge in [-0.2, -0.15) is 21.6 Å². The van der Waals surface area contributed by atoms with Crippen molar-refractivity contribution in [3.63, 3.8) is 0 Å². The maximum absolute atomic E-state index is 12.9. The van der Waals surface area contributed by atoms with Gasteiger partial charge in [-0.1, -0.05) is 48.9 Å². The first kappa shape index (κ1) is 19.5. The summed E-state index contributed by atoms with van der Waals surface area (Å²) in [7, 11) is -5.70. The maximum atomic E-state index is 12.9. The van der Waals surface area contributed by atoms with Gasteiger partial charge in [-0.05, 0) is 25.8 Å². The molecule has 0 unspecified atom stereocenters. The highest BCUT2D eigenvalue weighted by Crippen LogP contribution is 2.44. The van der Waals surface area contributed by atoms with Gasteiger partial charge in [-0.25, -0.2) is 4.31 Å². The lowest BCUT2D eigenvalue weighted by molar-refractivity contribution is -0.128. The number of allylic oxidation sites excluding steroid dienone is 1. The van der Waals surface area contributed by atoms with Gasteiger partial charge in [0.2, 0.25) is 5.91 Å². The van der Waals surface area contributed by atoms with Crippen LogP contribution in [0.15, 0.2) is 42.0 Å². The Bertz CT molecular complexity index is 783. The molecule has 8 heteroatoms. The molecule has 1 aromatic rings. The summed E-state index contributed by atoms with van der Waals surface area (Å²) in [5.41, 5.74) is -4.94. The summed E-state index contributed by atoms with van der Waals surface area (Å²) < 4.78 is 62.4. The molecule has 1 amide bonds. The quantitative estimate of drug-likeness (QED) is 0.757. The molecule has 1 aromatic carbocycles. The number of carbonyl (C=O) groups excluding carboxylic acids is 1. The lowest BCUT2D eigenvalue weighted by Gasteiger charge is -2.26. The van der Waals surface area contributed by atoms with E-state index < -0.39 is 39.3 Å². The van der Waals surface area contributed by atoms with E-state index >= 15 is 0 Å². The second kappa shape index (κ2) is 6.48. The third kappa shape index (κ3) is 3.73. The molecular weight excluding hydrogens is 355 g/mol. The number of benzene rings is 1. The van der Waals surface area contributed by atoms with E-state index in [2.05, 4.69) is 0 Å². The lowest BCUT2D eigenvalue weighted by atomic mass is 9.75. The van der Waals surface area contributed by atoms with Crippen molar-refractivity contribution in [3.8, 4) is 0 Å². The predicted molar refractivity (Wildman–Crippen MR) is 87.9 cm³/mol. The summed E-state index contributed by atoms with van der Waals surface area (Å²) in [6.07, 6.45) is 1.86. The van der Waals surface area contributed by atoms with Crippen molar-refractivity contribution in [1.82, 2.24) is 4.31 Å². The second-order valence-corrected chi connectivity index (χ2v) is 8.62. The van der Waals surface area contributed by atoms with E-state index in [1.165, 1.54) is 0 Å². The van der Waals surface area contributed by atoms with Gasteiger partial charge in [-0.3, -0.25) is 4.79 Å². The fourth-order valence-electron chi connectivity index (χ4n) is 3.26. The summed E-state index contributed by atoms with van der Waals surface area (Å²) in [6, 6.07) is 8.83. The Hall–Kier alpha value is -1.83. The predicted octanol–water partition coefficient (Wildman–Crippen LogP) is 3.51. The molecule has 0 aromatic heterocycles. The van der Waals surface area contributed by atoms with Crippen molar-refractivity contribution in [2.24, 2.45) is 11.3 Å². The first-order valence-electron chi connectivity index (χ1n) is 7.71. The minimum Gasteiger partial charge on any atom is -0.273 e. The van der Waals surface area contributed by atoms with Crippen LogP contribution in [-0.4, -0.2) is 30.7 Å². The highest BCUT2D eigenvalue weighted by atomic mass is 32.2. The van der Waals surface area contributed by atoms with E-state index in [9.17, 15) is 26.4 Å². The van der Waals surface area contributed by atoms with Crippen LogP contribution in [0.5, 0.6) is 0 Å². The summed E-state index contributed by atoms with van der Waals surface area (Å²) in [6.45, 7) is 4.63. The average Bonchev–Trinajstić information content (AvgIpc) is 2.71. The van der Waals surface area contributed by atoms with Crippen LogP contribution in [-0.2, 0) is 21.2 Å². The first-order valence-corrected chi connectivity index (χ1v) is 9.15. The van der Waals surface area contributed by atoms with Crippen molar-refractivity contribution in [2.75, 3.05) is 6.54 Å². The molecule has 138 valence electrons. The molecule has 2 atom stereocenters. The topological polar surface area (TPSA) is 54.5 Å². The Labute approximate surface area is 145 Å². The van der Waals surface area contributed by atoms with Gasteiger partial charge in [0.25, 0.3) is 0 Å². The van der Waals surface area contributed by atoms with Gasteiger partial charge in [0.15, 0.2) is 0 Å². The van der Waals surface area contributed by atoms with Gasteiger partial charge in [-0.15, -0.1) is 0 Å². The zero-order valence-electron chi connectivity index (χ0n) is 14.2. The highest BCUT2D eigenvalue weighted by molar-refractivity contribution is 7.90. The summed E-state index contributed by atoms with van der Waals surface area (Å²) >= 11 is 0. The molecule has 0 radical (unpaired) electrons. The Kier molecular flexibility index (Phi) is 5.05. The first-order chi connectivity index (χ1) is 11.4. The van der Waals surface area contributed by atoms with Crippen LogP contribution in [0.3, 0.4) is 0 Å². The lowest BCUT2D eigenvalue weighted by Crippen LogP contribution is -2.42. The molecule has 0 saturated carbocycles. The van der Waals surface area contributed by atoms with Gasteiger partial charge in [0.1, 0.15) is 0 Å². The van der Waals surface area contributed by atoms with E-state index in [1.54, 1.807) is 57.2 Å². The molecule has 1 fully saturated rings. The van der Waals surface area contributed by atoms with Crippen LogP contribution in [0, 0.1) is 11.3 Å². The molecule has 0 N–H and O–H groups in total. The third-order valence-electron chi connectivity index (χ3n) is 4.31. The minimum atomic E-state index is -5.70. The van der Waals surface area contributed by atoms with Crippen LogP contribution >= 0.6 is 0 Å². The van der Waals surface area contributed by atoms with E-state index in [4.69, 9.17) is 0 Å². The number of rotatable bonds is 4. The molecule has 1 saturated heterocycles. The van der Waals surface area contributed by atoms with Crippen molar-refractivity contribution < 1.29 is 26.4 Å². The van der Waals surface area contributed by atoms with E-state index in [1.807, 2.05) is 0 Å². The fourth-order valence-corrected chi connectivity index (χ4v) is 4.32. The highest BCUT2D eigenvalue weighted by Gasteiger charge is 2.59. The molecule has 0 spiro atoms. The number of nitrogens with zero attached hydrogens (tertiary/aromatic N) is 1. The molecule has 0 aliphatic carbocycles. The van der Waals surface area contributed by atoms with Crippen LogP contribution in [0.1, 0.15) is 26.3 Å². The largest absolute Gasteiger partial charge is 0.516 e. The molecule has 4 nitrogen and oxygen atoms in total. The number of sulfonamides is 1. The molecule has 1 heterocycles. The molecule has 0 bridgehead atoms.